The van der Waals surface area contributed by atoms with E-state index in [1.807, 2.05) is 47.0 Å². The minimum atomic E-state index is 0.729. The molecule has 3 aromatic rings. The molecule has 0 saturated carbocycles. The number of aromatic nitrogens is 2. The Morgan fingerprint density at radius 1 is 1.00 bits per heavy atom. The van der Waals surface area contributed by atoms with Crippen molar-refractivity contribution in [2.75, 3.05) is 14.2 Å². The normalized spacial score (nSPS) is 10.8. The summed E-state index contributed by atoms with van der Waals surface area (Å²) in [5.74, 6) is 2.24. The smallest absolute Gasteiger partial charge is 0.153 e. The highest BCUT2D eigenvalue weighted by molar-refractivity contribution is 9.10. The average Bonchev–Trinajstić information content (AvgIpc) is 2.83. The number of rotatable bonds is 3. The van der Waals surface area contributed by atoms with Crippen molar-refractivity contribution in [3.8, 4) is 22.9 Å². The van der Waals surface area contributed by atoms with Gasteiger partial charge in [0.25, 0.3) is 0 Å². The van der Waals surface area contributed by atoms with Crippen molar-refractivity contribution >= 4 is 21.4 Å². The molecule has 0 unspecified atom stereocenters. The highest BCUT2D eigenvalue weighted by atomic mass is 79.9. The molecule has 0 aliphatic rings. The first-order valence-electron chi connectivity index (χ1n) is 6.10. The lowest BCUT2D eigenvalue weighted by Crippen LogP contribution is -1.96. The third kappa shape index (κ3) is 1.94. The summed E-state index contributed by atoms with van der Waals surface area (Å²) in [7, 11) is 3.28. The molecule has 0 N–H and O–H groups in total. The second-order valence-electron chi connectivity index (χ2n) is 4.22. The Kier molecular flexibility index (Phi) is 3.36. The van der Waals surface area contributed by atoms with E-state index < -0.39 is 0 Å². The largest absolute Gasteiger partial charge is 0.496 e. The maximum absolute atomic E-state index is 5.45. The molecule has 2 aromatic heterocycles. The molecule has 3 rings (SSSR count). The molecular formula is C15H13BrN2O2. The van der Waals surface area contributed by atoms with E-state index in [0.717, 1.165) is 33.0 Å². The van der Waals surface area contributed by atoms with Gasteiger partial charge in [-0.25, -0.2) is 4.98 Å². The summed E-state index contributed by atoms with van der Waals surface area (Å²) in [6, 6.07) is 11.6. The van der Waals surface area contributed by atoms with Gasteiger partial charge >= 0.3 is 0 Å². The Hall–Kier alpha value is -2.01. The van der Waals surface area contributed by atoms with Crippen LogP contribution in [0, 0.1) is 0 Å². The number of nitrogens with zero attached hydrogens (tertiary/aromatic N) is 2. The zero-order chi connectivity index (χ0) is 14.1. The Morgan fingerprint density at radius 2 is 1.70 bits per heavy atom. The molecule has 0 aliphatic carbocycles. The van der Waals surface area contributed by atoms with Gasteiger partial charge in [-0.2, -0.15) is 0 Å². The van der Waals surface area contributed by atoms with Crippen LogP contribution >= 0.6 is 15.9 Å². The van der Waals surface area contributed by atoms with Gasteiger partial charge in [-0.05, 0) is 40.2 Å². The van der Waals surface area contributed by atoms with Gasteiger partial charge in [-0.1, -0.05) is 12.1 Å². The van der Waals surface area contributed by atoms with Crippen LogP contribution < -0.4 is 9.47 Å². The molecule has 1 aromatic carbocycles. The van der Waals surface area contributed by atoms with Crippen molar-refractivity contribution < 1.29 is 9.47 Å². The molecule has 0 amide bonds. The third-order valence-corrected chi connectivity index (χ3v) is 3.74. The number of ether oxygens (including phenoxy) is 2. The summed E-state index contributed by atoms with van der Waals surface area (Å²) in [5, 5.41) is 0. The van der Waals surface area contributed by atoms with E-state index >= 15 is 0 Å². The van der Waals surface area contributed by atoms with E-state index in [1.54, 1.807) is 14.2 Å². The van der Waals surface area contributed by atoms with Gasteiger partial charge in [-0.15, -0.1) is 0 Å². The molecule has 0 fully saturated rings. The molecule has 0 aliphatic heterocycles. The van der Waals surface area contributed by atoms with Crippen molar-refractivity contribution in [1.29, 1.82) is 0 Å². The van der Waals surface area contributed by atoms with Crippen LogP contribution in [0.1, 0.15) is 0 Å². The lowest BCUT2D eigenvalue weighted by Gasteiger charge is -2.12. The Balaban J connectivity index is 2.36. The third-order valence-electron chi connectivity index (χ3n) is 3.15. The summed E-state index contributed by atoms with van der Waals surface area (Å²) < 4.78 is 13.7. The van der Waals surface area contributed by atoms with Gasteiger partial charge in [-0.3, -0.25) is 4.40 Å². The molecule has 0 spiro atoms. The number of methoxy groups -OCH3 is 2. The first-order chi connectivity index (χ1) is 9.76. The summed E-state index contributed by atoms with van der Waals surface area (Å²) in [4.78, 5) is 4.60. The number of pyridine rings is 1. The molecule has 0 radical (unpaired) electrons. The first kappa shape index (κ1) is 13.0. The fourth-order valence-electron chi connectivity index (χ4n) is 2.25. The van der Waals surface area contributed by atoms with Crippen LogP contribution in [0.15, 0.2) is 47.2 Å². The highest BCUT2D eigenvalue weighted by Crippen LogP contribution is 2.39. The molecule has 0 bridgehead atoms. The van der Waals surface area contributed by atoms with Crippen molar-refractivity contribution in [2.45, 2.75) is 0 Å². The summed E-state index contributed by atoms with van der Waals surface area (Å²) in [5.41, 5.74) is 1.83. The number of hydrogen-bond acceptors (Lipinski definition) is 3. The molecule has 0 atom stereocenters. The molecule has 102 valence electrons. The van der Waals surface area contributed by atoms with Gasteiger partial charge in [0.05, 0.1) is 19.7 Å². The number of hydrogen-bond donors (Lipinski definition) is 0. The predicted octanol–water partition coefficient (Wildman–Crippen LogP) is 3.78. The molecule has 5 heteroatoms. The Bertz CT molecular complexity index is 745. The first-order valence-corrected chi connectivity index (χ1v) is 6.89. The summed E-state index contributed by atoms with van der Waals surface area (Å²) >= 11 is 3.49. The van der Waals surface area contributed by atoms with Crippen LogP contribution in [-0.4, -0.2) is 23.6 Å². The molecule has 4 nitrogen and oxygen atoms in total. The molecule has 20 heavy (non-hydrogen) atoms. The number of benzene rings is 1. The predicted molar refractivity (Wildman–Crippen MR) is 81.4 cm³/mol. The SMILES string of the molecule is COc1cccc(OC)c1-c1nc(Br)c2ccccn12. The average molecular weight is 333 g/mol. The second kappa shape index (κ2) is 5.17. The maximum atomic E-state index is 5.45. The van der Waals surface area contributed by atoms with Crippen LogP contribution in [-0.2, 0) is 0 Å². The zero-order valence-electron chi connectivity index (χ0n) is 11.1. The van der Waals surface area contributed by atoms with E-state index in [2.05, 4.69) is 20.9 Å². The van der Waals surface area contributed by atoms with E-state index in [0.29, 0.717) is 0 Å². The quantitative estimate of drug-likeness (QED) is 0.732. The van der Waals surface area contributed by atoms with E-state index in [9.17, 15) is 0 Å². The summed E-state index contributed by atoms with van der Waals surface area (Å²) in [6.45, 7) is 0. The van der Waals surface area contributed by atoms with Gasteiger partial charge in [0.2, 0.25) is 0 Å². The standard InChI is InChI=1S/C15H13BrN2O2/c1-19-11-7-5-8-12(20-2)13(11)15-17-14(16)10-6-3-4-9-18(10)15/h3-9H,1-2H3. The number of halogens is 1. The van der Waals surface area contributed by atoms with Crippen LogP contribution in [0.3, 0.4) is 0 Å². The van der Waals surface area contributed by atoms with Gasteiger partial charge < -0.3 is 9.47 Å². The maximum Gasteiger partial charge on any atom is 0.153 e. The fraction of sp³-hybridized carbons (Fsp3) is 0.133. The topological polar surface area (TPSA) is 35.8 Å². The van der Waals surface area contributed by atoms with E-state index in [-0.39, 0.29) is 0 Å². The van der Waals surface area contributed by atoms with Gasteiger partial charge in [0, 0.05) is 6.20 Å². The minimum absolute atomic E-state index is 0.729. The molecule has 2 heterocycles. The van der Waals surface area contributed by atoms with Crippen molar-refractivity contribution in [1.82, 2.24) is 9.38 Å². The Labute approximate surface area is 125 Å². The number of fused-ring (bicyclic) bond motifs is 1. The van der Waals surface area contributed by atoms with Crippen LogP contribution in [0.5, 0.6) is 11.5 Å². The van der Waals surface area contributed by atoms with Gasteiger partial charge in [0.15, 0.2) is 5.82 Å². The van der Waals surface area contributed by atoms with E-state index in [1.165, 1.54) is 0 Å². The molecular weight excluding hydrogens is 320 g/mol. The van der Waals surface area contributed by atoms with Gasteiger partial charge in [0.1, 0.15) is 21.7 Å². The highest BCUT2D eigenvalue weighted by Gasteiger charge is 2.18. The van der Waals surface area contributed by atoms with Crippen molar-refractivity contribution in [3.05, 3.63) is 47.2 Å². The lowest BCUT2D eigenvalue weighted by molar-refractivity contribution is 0.397. The number of imidazole rings is 1. The monoisotopic (exact) mass is 332 g/mol. The summed E-state index contributed by atoms with van der Waals surface area (Å²) in [6.07, 6.45) is 1.97. The second-order valence-corrected chi connectivity index (χ2v) is 4.97. The fourth-order valence-corrected chi connectivity index (χ4v) is 2.74. The Morgan fingerprint density at radius 3 is 2.35 bits per heavy atom. The minimum Gasteiger partial charge on any atom is -0.496 e. The van der Waals surface area contributed by atoms with Crippen molar-refractivity contribution in [2.24, 2.45) is 0 Å². The van der Waals surface area contributed by atoms with Crippen molar-refractivity contribution in [3.63, 3.8) is 0 Å². The van der Waals surface area contributed by atoms with Crippen LogP contribution in [0.4, 0.5) is 0 Å². The van der Waals surface area contributed by atoms with Crippen LogP contribution in [0.25, 0.3) is 16.9 Å². The molecule has 0 saturated heterocycles. The van der Waals surface area contributed by atoms with E-state index in [4.69, 9.17) is 9.47 Å². The zero-order valence-corrected chi connectivity index (χ0v) is 12.7. The van der Waals surface area contributed by atoms with Crippen LogP contribution in [0.2, 0.25) is 0 Å². The lowest BCUT2D eigenvalue weighted by atomic mass is 10.1.